The topological polar surface area (TPSA) is 68.5 Å². The lowest BCUT2D eigenvalue weighted by atomic mass is 9.41. The van der Waals surface area contributed by atoms with Crippen molar-refractivity contribution in [2.75, 3.05) is 11.4 Å². The van der Waals surface area contributed by atoms with Crippen LogP contribution in [0.4, 0.5) is 18.9 Å². The zero-order valence-electron chi connectivity index (χ0n) is 25.7. The summed E-state index contributed by atoms with van der Waals surface area (Å²) in [6, 6.07) is 14.4. The van der Waals surface area contributed by atoms with E-state index in [4.69, 9.17) is 9.51 Å². The average Bonchev–Trinajstić information content (AvgIpc) is 3.48. The van der Waals surface area contributed by atoms with E-state index in [2.05, 4.69) is 30.7 Å². The zero-order chi connectivity index (χ0) is 31.0. The van der Waals surface area contributed by atoms with Crippen LogP contribution in [0.2, 0.25) is 0 Å². The molecule has 6 aliphatic rings. The first-order valence-corrected chi connectivity index (χ1v) is 15.8. The fourth-order valence-corrected chi connectivity index (χ4v) is 8.39. The van der Waals surface area contributed by atoms with Crippen molar-refractivity contribution in [3.05, 3.63) is 60.2 Å². The van der Waals surface area contributed by atoms with Crippen molar-refractivity contribution in [2.45, 2.75) is 108 Å². The highest BCUT2D eigenvalue weighted by atomic mass is 19.3. The van der Waals surface area contributed by atoms with Gasteiger partial charge in [0.1, 0.15) is 11.4 Å². The minimum absolute atomic E-state index is 0.0149. The van der Waals surface area contributed by atoms with Crippen molar-refractivity contribution in [2.24, 2.45) is 10.8 Å². The van der Waals surface area contributed by atoms with E-state index in [1.165, 1.54) is 12.1 Å². The number of rotatable bonds is 9. The van der Waals surface area contributed by atoms with Gasteiger partial charge in [0.15, 0.2) is 5.82 Å². The molecule has 0 radical (unpaired) electrons. The highest BCUT2D eigenvalue weighted by molar-refractivity contribution is 5.95. The van der Waals surface area contributed by atoms with E-state index in [0.29, 0.717) is 38.1 Å². The van der Waals surface area contributed by atoms with E-state index in [1.807, 2.05) is 29.2 Å². The molecule has 0 spiro atoms. The fraction of sp³-hybridized carbons (Fsp3) is 0.571. The second-order valence-electron chi connectivity index (χ2n) is 15.2. The molecular formula is C35H40F3N3O3. The molecule has 0 unspecified atom stereocenters. The van der Waals surface area contributed by atoms with E-state index in [9.17, 15) is 18.0 Å². The van der Waals surface area contributed by atoms with Gasteiger partial charge in [-0.25, -0.2) is 4.39 Å². The molecule has 1 heterocycles. The minimum Gasteiger partial charge on any atom is -0.435 e. The molecular weight excluding hydrogens is 567 g/mol. The van der Waals surface area contributed by atoms with Gasteiger partial charge in [-0.3, -0.25) is 4.79 Å². The van der Waals surface area contributed by atoms with Gasteiger partial charge in [0.05, 0.1) is 0 Å². The van der Waals surface area contributed by atoms with E-state index in [0.717, 1.165) is 61.2 Å². The summed E-state index contributed by atoms with van der Waals surface area (Å²) in [6.07, 6.45) is 7.62. The maximum Gasteiger partial charge on any atom is 0.387 e. The number of benzene rings is 2. The molecule has 6 nitrogen and oxygen atoms in total. The maximum atomic E-state index is 14.4. The molecule has 6 fully saturated rings. The molecule has 44 heavy (non-hydrogen) atoms. The zero-order valence-corrected chi connectivity index (χ0v) is 25.7. The summed E-state index contributed by atoms with van der Waals surface area (Å²) < 4.78 is 49.8. The normalized spacial score (nSPS) is 30.5. The molecule has 9 rings (SSSR count). The third-order valence-corrected chi connectivity index (χ3v) is 10.9. The molecule has 1 amide bonds. The summed E-state index contributed by atoms with van der Waals surface area (Å²) >= 11 is 0. The summed E-state index contributed by atoms with van der Waals surface area (Å²) in [5, 5.41) is 4.43. The first kappa shape index (κ1) is 29.4. The first-order valence-electron chi connectivity index (χ1n) is 15.8. The third kappa shape index (κ3) is 5.20. The SMILES string of the molecule is CC(C)(C)c1nc(C23CCC(CN(C(=O)CC45CC(F)(C4)C5)c4cccc(-c5ccc(OC(F)F)cc5)c4)(CC2)CC3)no1. The predicted molar refractivity (Wildman–Crippen MR) is 160 cm³/mol. The van der Waals surface area contributed by atoms with Crippen LogP contribution in [0.5, 0.6) is 5.75 Å². The van der Waals surface area contributed by atoms with Crippen molar-refractivity contribution < 1.29 is 27.2 Å². The quantitative estimate of drug-likeness (QED) is 0.244. The number of hydrogen-bond donors (Lipinski definition) is 0. The molecule has 0 saturated heterocycles. The Hall–Kier alpha value is -3.36. The Labute approximate surface area is 256 Å². The molecule has 4 bridgehead atoms. The molecule has 0 N–H and O–H groups in total. The molecule has 1 aromatic heterocycles. The van der Waals surface area contributed by atoms with Gasteiger partial charge >= 0.3 is 6.61 Å². The molecule has 6 saturated carbocycles. The Balaban J connectivity index is 1.13. The number of ether oxygens (including phenoxy) is 1. The van der Waals surface area contributed by atoms with Crippen molar-refractivity contribution in [3.8, 4) is 16.9 Å². The van der Waals surface area contributed by atoms with Gasteiger partial charge in [-0.15, -0.1) is 0 Å². The third-order valence-electron chi connectivity index (χ3n) is 10.9. The average molecular weight is 608 g/mol. The van der Waals surface area contributed by atoms with Gasteiger partial charge in [0, 0.05) is 29.5 Å². The Morgan fingerprint density at radius 2 is 1.61 bits per heavy atom. The van der Waals surface area contributed by atoms with Crippen molar-refractivity contribution in [1.82, 2.24) is 10.1 Å². The molecule has 0 aliphatic heterocycles. The predicted octanol–water partition coefficient (Wildman–Crippen LogP) is 8.54. The largest absolute Gasteiger partial charge is 0.435 e. The molecule has 0 atom stereocenters. The highest BCUT2D eigenvalue weighted by Gasteiger charge is 2.69. The van der Waals surface area contributed by atoms with Crippen molar-refractivity contribution in [1.29, 1.82) is 0 Å². The van der Waals surface area contributed by atoms with Gasteiger partial charge in [-0.1, -0.05) is 50.2 Å². The number of amides is 1. The lowest BCUT2D eigenvalue weighted by Crippen LogP contribution is -2.65. The van der Waals surface area contributed by atoms with Crippen LogP contribution in [0.25, 0.3) is 11.1 Å². The molecule has 2 aromatic carbocycles. The molecule has 3 aromatic rings. The van der Waals surface area contributed by atoms with Gasteiger partial charge in [0.25, 0.3) is 0 Å². The summed E-state index contributed by atoms with van der Waals surface area (Å²) in [6.45, 7) is 3.96. The van der Waals surface area contributed by atoms with Crippen LogP contribution in [-0.4, -0.2) is 34.9 Å². The monoisotopic (exact) mass is 607 g/mol. The van der Waals surface area contributed by atoms with E-state index in [-0.39, 0.29) is 33.3 Å². The second-order valence-corrected chi connectivity index (χ2v) is 15.2. The number of halogens is 3. The van der Waals surface area contributed by atoms with Crippen LogP contribution in [0.15, 0.2) is 53.1 Å². The number of aromatic nitrogens is 2. The smallest absolute Gasteiger partial charge is 0.387 e. The number of anilines is 1. The lowest BCUT2D eigenvalue weighted by molar-refractivity contribution is -0.215. The number of nitrogens with zero attached hydrogens (tertiary/aromatic N) is 3. The summed E-state index contributed by atoms with van der Waals surface area (Å²) in [7, 11) is 0. The summed E-state index contributed by atoms with van der Waals surface area (Å²) in [5.74, 6) is 1.64. The molecule has 6 aliphatic carbocycles. The van der Waals surface area contributed by atoms with Crippen LogP contribution >= 0.6 is 0 Å². The number of alkyl halides is 3. The van der Waals surface area contributed by atoms with Crippen molar-refractivity contribution in [3.63, 3.8) is 0 Å². The van der Waals surface area contributed by atoms with Crippen LogP contribution in [0, 0.1) is 10.8 Å². The number of carbonyl (C=O) groups is 1. The Kier molecular flexibility index (Phi) is 6.72. The van der Waals surface area contributed by atoms with Crippen LogP contribution in [0.1, 0.15) is 96.7 Å². The van der Waals surface area contributed by atoms with Gasteiger partial charge in [-0.05, 0) is 104 Å². The molecule has 9 heteroatoms. The van der Waals surface area contributed by atoms with Gasteiger partial charge in [0.2, 0.25) is 11.8 Å². The second kappa shape index (κ2) is 10.1. The van der Waals surface area contributed by atoms with Crippen molar-refractivity contribution >= 4 is 11.6 Å². The van der Waals surface area contributed by atoms with Crippen LogP contribution in [0.3, 0.4) is 0 Å². The number of carbonyl (C=O) groups excluding carboxylic acids is 1. The Morgan fingerprint density at radius 1 is 0.955 bits per heavy atom. The van der Waals surface area contributed by atoms with Gasteiger partial charge in [-0.2, -0.15) is 13.8 Å². The van der Waals surface area contributed by atoms with E-state index < -0.39 is 12.3 Å². The Morgan fingerprint density at radius 3 is 2.18 bits per heavy atom. The summed E-state index contributed by atoms with van der Waals surface area (Å²) in [5.41, 5.74) is 0.990. The standard InChI is InChI=1S/C35H40F3N3O3/c1-31(2,3)29-39-28(40-44-29)34-14-11-32(12-15-34,13-16-34)22-41(27(42)18-33-19-35(38,20-33)21-33)25-6-4-5-24(17-25)23-7-9-26(10-8-23)43-30(36)37/h4-10,17,30H,11-16,18-22H2,1-3H3. The van der Waals surface area contributed by atoms with Crippen LogP contribution in [-0.2, 0) is 15.6 Å². The highest BCUT2D eigenvalue weighted by Crippen LogP contribution is 2.71. The fourth-order valence-electron chi connectivity index (χ4n) is 8.39. The van der Waals surface area contributed by atoms with E-state index in [1.54, 1.807) is 12.1 Å². The lowest BCUT2D eigenvalue weighted by Gasteiger charge is -2.66. The summed E-state index contributed by atoms with van der Waals surface area (Å²) in [4.78, 5) is 20.9. The van der Waals surface area contributed by atoms with E-state index >= 15 is 0 Å². The maximum absolute atomic E-state index is 14.4. The van der Waals surface area contributed by atoms with Crippen LogP contribution < -0.4 is 9.64 Å². The number of hydrogen-bond acceptors (Lipinski definition) is 5. The molecule has 234 valence electrons. The minimum atomic E-state index is -2.88. The Bertz CT molecular complexity index is 1520. The number of fused-ring (bicyclic) bond motifs is 3. The van der Waals surface area contributed by atoms with Gasteiger partial charge < -0.3 is 14.2 Å². The first-order chi connectivity index (χ1) is 20.8.